The Bertz CT molecular complexity index is 187. The number of carbonyl (C=O) groups excluding carboxylic acids is 1. The van der Waals surface area contributed by atoms with Gasteiger partial charge in [0.25, 0.3) is 0 Å². The molecule has 1 heterocycles. The molecule has 0 aromatic heterocycles. The highest BCUT2D eigenvalue weighted by molar-refractivity contribution is 5.74. The topological polar surface area (TPSA) is 55.8 Å². The minimum absolute atomic E-state index is 0.0865. The predicted octanol–water partition coefficient (Wildman–Crippen LogP) is 0.583. The highest BCUT2D eigenvalue weighted by Crippen LogP contribution is 2.24. The molecule has 0 bridgehead atoms. The monoisotopic (exact) mass is 202 g/mol. The minimum Gasteiger partial charge on any atom is -0.464 e. The lowest BCUT2D eigenvalue weighted by molar-refractivity contribution is -0.156. The summed E-state index contributed by atoms with van der Waals surface area (Å²) in [6.07, 6.45) is -0.0980. The third-order valence-corrected chi connectivity index (χ3v) is 2.73. The lowest BCUT2D eigenvalue weighted by atomic mass is 9.89. The van der Waals surface area contributed by atoms with E-state index in [4.69, 9.17) is 9.47 Å². The first kappa shape index (κ1) is 11.5. The van der Waals surface area contributed by atoms with E-state index in [-0.39, 0.29) is 11.8 Å². The van der Waals surface area contributed by atoms with Crippen molar-refractivity contribution in [1.29, 1.82) is 0 Å². The number of carbonyl (C=O) groups is 1. The van der Waals surface area contributed by atoms with Gasteiger partial charge in [0.05, 0.1) is 6.61 Å². The molecule has 1 aliphatic heterocycles. The van der Waals surface area contributed by atoms with E-state index < -0.39 is 12.1 Å². The molecule has 14 heavy (non-hydrogen) atoms. The zero-order valence-electron chi connectivity index (χ0n) is 8.73. The van der Waals surface area contributed by atoms with E-state index >= 15 is 0 Å². The number of aliphatic hydroxyl groups is 1. The molecule has 1 N–H and O–H groups in total. The average Bonchev–Trinajstić information content (AvgIpc) is 2.68. The van der Waals surface area contributed by atoms with Gasteiger partial charge >= 0.3 is 5.97 Å². The van der Waals surface area contributed by atoms with Crippen molar-refractivity contribution in [2.24, 2.45) is 11.8 Å². The molecule has 0 spiro atoms. The van der Waals surface area contributed by atoms with Crippen molar-refractivity contribution in [3.05, 3.63) is 0 Å². The number of rotatable bonds is 4. The number of hydrogen-bond donors (Lipinski definition) is 1. The Kier molecular flexibility index (Phi) is 4.35. The van der Waals surface area contributed by atoms with Gasteiger partial charge in [0, 0.05) is 13.2 Å². The molecule has 1 aliphatic rings. The fourth-order valence-corrected chi connectivity index (χ4v) is 1.67. The zero-order chi connectivity index (χ0) is 10.6. The van der Waals surface area contributed by atoms with Gasteiger partial charge in [0.2, 0.25) is 0 Å². The van der Waals surface area contributed by atoms with Crippen LogP contribution in [-0.2, 0) is 14.3 Å². The Morgan fingerprint density at radius 3 is 2.93 bits per heavy atom. The Labute approximate surface area is 84.2 Å². The average molecular weight is 202 g/mol. The second kappa shape index (κ2) is 5.32. The van der Waals surface area contributed by atoms with E-state index in [0.717, 1.165) is 13.0 Å². The van der Waals surface area contributed by atoms with Crippen molar-refractivity contribution >= 4 is 5.97 Å². The van der Waals surface area contributed by atoms with Gasteiger partial charge in [-0.1, -0.05) is 6.92 Å². The van der Waals surface area contributed by atoms with Crippen LogP contribution in [0.25, 0.3) is 0 Å². The van der Waals surface area contributed by atoms with Crippen molar-refractivity contribution in [3.63, 3.8) is 0 Å². The molecule has 1 fully saturated rings. The molecule has 4 nitrogen and oxygen atoms in total. The summed E-state index contributed by atoms with van der Waals surface area (Å²) in [5, 5.41) is 9.65. The van der Waals surface area contributed by atoms with Gasteiger partial charge in [-0.05, 0) is 25.2 Å². The van der Waals surface area contributed by atoms with Gasteiger partial charge < -0.3 is 14.6 Å². The number of esters is 1. The maximum Gasteiger partial charge on any atom is 0.335 e. The molecule has 0 radical (unpaired) electrons. The first-order valence-electron chi connectivity index (χ1n) is 5.09. The fraction of sp³-hybridized carbons (Fsp3) is 0.900. The zero-order valence-corrected chi connectivity index (χ0v) is 8.73. The molecule has 3 unspecified atom stereocenters. The van der Waals surface area contributed by atoms with Crippen LogP contribution in [0.3, 0.4) is 0 Å². The largest absolute Gasteiger partial charge is 0.464 e. The van der Waals surface area contributed by atoms with Crippen LogP contribution >= 0.6 is 0 Å². The van der Waals surface area contributed by atoms with E-state index in [1.165, 1.54) is 0 Å². The second-order valence-corrected chi connectivity index (χ2v) is 3.68. The molecule has 0 aliphatic carbocycles. The molecular formula is C10H18O4. The molecule has 1 rings (SSSR count). The summed E-state index contributed by atoms with van der Waals surface area (Å²) >= 11 is 0. The molecule has 0 saturated carbocycles. The van der Waals surface area contributed by atoms with Gasteiger partial charge in [-0.25, -0.2) is 4.79 Å². The summed E-state index contributed by atoms with van der Waals surface area (Å²) in [5.41, 5.74) is 0. The Hall–Kier alpha value is -0.610. The van der Waals surface area contributed by atoms with Crippen molar-refractivity contribution < 1.29 is 19.4 Å². The molecule has 4 heteroatoms. The highest BCUT2D eigenvalue weighted by atomic mass is 16.5. The highest BCUT2D eigenvalue weighted by Gasteiger charge is 2.32. The van der Waals surface area contributed by atoms with E-state index in [0.29, 0.717) is 13.2 Å². The molecule has 0 amide bonds. The molecular weight excluding hydrogens is 184 g/mol. The first-order chi connectivity index (χ1) is 6.66. The van der Waals surface area contributed by atoms with Crippen LogP contribution in [-0.4, -0.2) is 37.0 Å². The maximum atomic E-state index is 11.2. The van der Waals surface area contributed by atoms with Crippen molar-refractivity contribution in [2.75, 3.05) is 19.8 Å². The van der Waals surface area contributed by atoms with Crippen LogP contribution in [0.2, 0.25) is 0 Å². The smallest absolute Gasteiger partial charge is 0.335 e. The standard InChI is InChI=1S/C10H18O4/c1-3-14-10(12)9(11)7(2)8-4-5-13-6-8/h7-9,11H,3-6H2,1-2H3. The number of aliphatic hydroxyl groups excluding tert-OH is 1. The van der Waals surface area contributed by atoms with Crippen molar-refractivity contribution in [2.45, 2.75) is 26.4 Å². The SMILES string of the molecule is CCOC(=O)C(O)C(C)C1CCOC1. The third-order valence-electron chi connectivity index (χ3n) is 2.73. The molecule has 1 saturated heterocycles. The lowest BCUT2D eigenvalue weighted by Gasteiger charge is -2.21. The van der Waals surface area contributed by atoms with Gasteiger partial charge in [0.15, 0.2) is 6.10 Å². The van der Waals surface area contributed by atoms with Crippen LogP contribution in [0.5, 0.6) is 0 Å². The lowest BCUT2D eigenvalue weighted by Crippen LogP contribution is -2.34. The van der Waals surface area contributed by atoms with E-state index in [9.17, 15) is 9.90 Å². The molecule has 82 valence electrons. The van der Waals surface area contributed by atoms with Crippen LogP contribution < -0.4 is 0 Å². The van der Waals surface area contributed by atoms with Gasteiger partial charge in [-0.15, -0.1) is 0 Å². The molecule has 3 atom stereocenters. The summed E-state index contributed by atoms with van der Waals surface area (Å²) in [7, 11) is 0. The quantitative estimate of drug-likeness (QED) is 0.678. The van der Waals surface area contributed by atoms with Crippen molar-refractivity contribution in [3.8, 4) is 0 Å². The predicted molar refractivity (Wildman–Crippen MR) is 50.7 cm³/mol. The molecule has 0 aromatic rings. The van der Waals surface area contributed by atoms with E-state index in [1.54, 1.807) is 6.92 Å². The van der Waals surface area contributed by atoms with Crippen molar-refractivity contribution in [1.82, 2.24) is 0 Å². The summed E-state index contributed by atoms with van der Waals surface area (Å²) < 4.78 is 9.96. The van der Waals surface area contributed by atoms with Gasteiger partial charge in [-0.3, -0.25) is 0 Å². The normalized spacial score (nSPS) is 25.8. The van der Waals surface area contributed by atoms with Crippen LogP contribution in [0.1, 0.15) is 20.3 Å². The number of hydrogen-bond acceptors (Lipinski definition) is 4. The van der Waals surface area contributed by atoms with Crippen LogP contribution in [0.4, 0.5) is 0 Å². The molecule has 0 aromatic carbocycles. The van der Waals surface area contributed by atoms with Crippen LogP contribution in [0, 0.1) is 11.8 Å². The Morgan fingerprint density at radius 1 is 1.71 bits per heavy atom. The maximum absolute atomic E-state index is 11.2. The summed E-state index contributed by atoms with van der Waals surface area (Å²) in [6.45, 7) is 5.26. The second-order valence-electron chi connectivity index (χ2n) is 3.68. The summed E-state index contributed by atoms with van der Waals surface area (Å²) in [4.78, 5) is 11.2. The van der Waals surface area contributed by atoms with E-state index in [2.05, 4.69) is 0 Å². The van der Waals surface area contributed by atoms with E-state index in [1.807, 2.05) is 6.92 Å². The third kappa shape index (κ3) is 2.69. The number of ether oxygens (including phenoxy) is 2. The Balaban J connectivity index is 2.41. The van der Waals surface area contributed by atoms with Gasteiger partial charge in [-0.2, -0.15) is 0 Å². The summed E-state index contributed by atoms with van der Waals surface area (Å²) in [6, 6.07) is 0. The fourth-order valence-electron chi connectivity index (χ4n) is 1.67. The van der Waals surface area contributed by atoms with Gasteiger partial charge in [0.1, 0.15) is 0 Å². The Morgan fingerprint density at radius 2 is 2.43 bits per heavy atom. The van der Waals surface area contributed by atoms with Crippen LogP contribution in [0.15, 0.2) is 0 Å². The minimum atomic E-state index is -1.01. The first-order valence-corrected chi connectivity index (χ1v) is 5.09. The summed E-state index contributed by atoms with van der Waals surface area (Å²) in [5.74, 6) is -0.335.